The predicted molar refractivity (Wildman–Crippen MR) is 85.9 cm³/mol. The normalized spacial score (nSPS) is 21.0. The molecule has 1 atom stereocenters. The fourth-order valence-electron chi connectivity index (χ4n) is 2.97. The molecule has 0 spiro atoms. The minimum Gasteiger partial charge on any atom is -0.379 e. The van der Waals surface area contributed by atoms with Crippen molar-refractivity contribution in [3.05, 3.63) is 47.5 Å². The zero-order valence-corrected chi connectivity index (χ0v) is 12.6. The highest BCUT2D eigenvalue weighted by molar-refractivity contribution is 5.35. The maximum absolute atomic E-state index is 5.48. The van der Waals surface area contributed by atoms with Crippen molar-refractivity contribution in [2.45, 2.75) is 31.7 Å². The summed E-state index contributed by atoms with van der Waals surface area (Å²) in [6.45, 7) is 3.56. The molecule has 2 aliphatic rings. The van der Waals surface area contributed by atoms with Gasteiger partial charge < -0.3 is 4.74 Å². The van der Waals surface area contributed by atoms with E-state index in [0.29, 0.717) is 0 Å². The molecule has 1 heterocycles. The van der Waals surface area contributed by atoms with Gasteiger partial charge in [0.15, 0.2) is 0 Å². The van der Waals surface area contributed by atoms with Crippen LogP contribution in [0.25, 0.3) is 0 Å². The van der Waals surface area contributed by atoms with Gasteiger partial charge in [0.25, 0.3) is 0 Å². The van der Waals surface area contributed by atoms with E-state index in [4.69, 9.17) is 4.74 Å². The first kappa shape index (κ1) is 14.4. The van der Waals surface area contributed by atoms with E-state index in [2.05, 4.69) is 53.1 Å². The second-order valence-electron chi connectivity index (χ2n) is 5.71. The van der Waals surface area contributed by atoms with Crippen molar-refractivity contribution >= 4 is 0 Å². The minimum absolute atomic E-state index is 0.193. The molecular formula is C19H23NO. The lowest BCUT2D eigenvalue weighted by atomic mass is 9.99. The molecule has 2 nitrogen and oxygen atoms in total. The Labute approximate surface area is 127 Å². The summed E-state index contributed by atoms with van der Waals surface area (Å²) in [6, 6.07) is 10.8. The van der Waals surface area contributed by atoms with Gasteiger partial charge in [0, 0.05) is 13.1 Å². The molecule has 1 aromatic rings. The molecule has 3 rings (SSSR count). The number of hydrogen-bond acceptors (Lipinski definition) is 2. The number of hydrogen-bond donors (Lipinski definition) is 0. The van der Waals surface area contributed by atoms with Gasteiger partial charge >= 0.3 is 0 Å². The van der Waals surface area contributed by atoms with Crippen LogP contribution in [-0.4, -0.2) is 31.2 Å². The maximum Gasteiger partial charge on any atom is 0.0976 e. The van der Waals surface area contributed by atoms with E-state index in [1.54, 1.807) is 0 Å². The molecule has 21 heavy (non-hydrogen) atoms. The summed E-state index contributed by atoms with van der Waals surface area (Å²) in [4.78, 5) is 2.44. The molecule has 110 valence electrons. The first-order valence-electron chi connectivity index (χ1n) is 8.01. The molecule has 0 saturated carbocycles. The molecule has 0 N–H and O–H groups in total. The van der Waals surface area contributed by atoms with E-state index in [0.717, 1.165) is 32.7 Å². The van der Waals surface area contributed by atoms with E-state index < -0.39 is 0 Å². The lowest BCUT2D eigenvalue weighted by Gasteiger charge is -2.31. The van der Waals surface area contributed by atoms with Crippen LogP contribution >= 0.6 is 0 Å². The van der Waals surface area contributed by atoms with E-state index in [1.165, 1.54) is 30.4 Å². The Hall–Kier alpha value is -1.56. The average molecular weight is 281 g/mol. The van der Waals surface area contributed by atoms with Crippen molar-refractivity contribution in [1.29, 1.82) is 0 Å². The third kappa shape index (κ3) is 3.97. The van der Waals surface area contributed by atoms with Gasteiger partial charge in [-0.15, -0.1) is 0 Å². The summed E-state index contributed by atoms with van der Waals surface area (Å²) in [5.41, 5.74) is 2.62. The topological polar surface area (TPSA) is 12.5 Å². The van der Waals surface area contributed by atoms with Gasteiger partial charge in [-0.3, -0.25) is 4.90 Å². The molecule has 0 bridgehead atoms. The Bertz CT molecular complexity index is 532. The molecule has 1 unspecified atom stereocenters. The van der Waals surface area contributed by atoms with Gasteiger partial charge in [-0.25, -0.2) is 0 Å². The highest BCUT2D eigenvalue weighted by atomic mass is 16.5. The fourth-order valence-corrected chi connectivity index (χ4v) is 2.97. The fraction of sp³-hybridized carbons (Fsp3) is 0.474. The summed E-state index contributed by atoms with van der Waals surface area (Å²) >= 11 is 0. The van der Waals surface area contributed by atoms with E-state index >= 15 is 0 Å². The number of morpholine rings is 1. The lowest BCUT2D eigenvalue weighted by molar-refractivity contribution is 0.0270. The Morgan fingerprint density at radius 1 is 1.05 bits per heavy atom. The Balaban J connectivity index is 1.82. The van der Waals surface area contributed by atoms with Crippen LogP contribution in [0.3, 0.4) is 0 Å². The van der Waals surface area contributed by atoms with Crippen LogP contribution in [0.5, 0.6) is 0 Å². The van der Waals surface area contributed by atoms with E-state index in [-0.39, 0.29) is 6.04 Å². The van der Waals surface area contributed by atoms with Crippen molar-refractivity contribution in [2.75, 3.05) is 26.3 Å². The molecule has 1 aliphatic carbocycles. The van der Waals surface area contributed by atoms with E-state index in [1.807, 2.05) is 0 Å². The second kappa shape index (κ2) is 7.45. The van der Waals surface area contributed by atoms with Gasteiger partial charge in [-0.1, -0.05) is 48.2 Å². The third-order valence-electron chi connectivity index (χ3n) is 4.19. The van der Waals surface area contributed by atoms with Crippen LogP contribution in [0.2, 0.25) is 0 Å². The summed E-state index contributed by atoms with van der Waals surface area (Å²) < 4.78 is 5.48. The van der Waals surface area contributed by atoms with Gasteiger partial charge in [0.05, 0.1) is 19.3 Å². The number of nitrogens with zero attached hydrogens (tertiary/aromatic N) is 1. The summed E-state index contributed by atoms with van der Waals surface area (Å²) in [5.74, 6) is 6.97. The first-order valence-corrected chi connectivity index (χ1v) is 8.01. The molecule has 1 aromatic carbocycles. The van der Waals surface area contributed by atoms with Gasteiger partial charge in [0.1, 0.15) is 0 Å². The molecule has 0 amide bonds. The minimum atomic E-state index is 0.193. The van der Waals surface area contributed by atoms with Crippen LogP contribution in [0.15, 0.2) is 42.0 Å². The summed E-state index contributed by atoms with van der Waals surface area (Å²) in [6.07, 6.45) is 7.26. The van der Waals surface area contributed by atoms with E-state index in [9.17, 15) is 0 Å². The standard InChI is InChI=1S/C19H23NO/c1-3-7-17(8-4-1)11-12-19(18-9-5-2-6-10-18)20-13-15-21-16-14-20/h2,5-7,9-10,19H,1,3-4,8,13-16H2. The molecule has 1 aliphatic heterocycles. The maximum atomic E-state index is 5.48. The zero-order chi connectivity index (χ0) is 14.3. The van der Waals surface area contributed by atoms with Gasteiger partial charge in [-0.2, -0.15) is 0 Å². The van der Waals surface area contributed by atoms with Gasteiger partial charge in [-0.05, 0) is 36.8 Å². The monoisotopic (exact) mass is 281 g/mol. The summed E-state index contributed by atoms with van der Waals surface area (Å²) in [7, 11) is 0. The number of benzene rings is 1. The quantitative estimate of drug-likeness (QED) is 0.769. The van der Waals surface area contributed by atoms with Gasteiger partial charge in [0.2, 0.25) is 0 Å². The molecule has 1 fully saturated rings. The second-order valence-corrected chi connectivity index (χ2v) is 5.71. The highest BCUT2D eigenvalue weighted by Crippen LogP contribution is 2.22. The molecule has 0 radical (unpaired) electrons. The Kier molecular flexibility index (Phi) is 5.10. The Morgan fingerprint density at radius 3 is 2.57 bits per heavy atom. The number of ether oxygens (including phenoxy) is 1. The zero-order valence-electron chi connectivity index (χ0n) is 12.6. The number of rotatable bonds is 2. The molecule has 2 heteroatoms. The molecular weight excluding hydrogens is 258 g/mol. The largest absolute Gasteiger partial charge is 0.379 e. The average Bonchev–Trinajstić information content (AvgIpc) is 2.58. The van der Waals surface area contributed by atoms with Crippen LogP contribution in [-0.2, 0) is 4.74 Å². The summed E-state index contributed by atoms with van der Waals surface area (Å²) in [5, 5.41) is 0. The van der Waals surface area contributed by atoms with Crippen molar-refractivity contribution < 1.29 is 4.74 Å². The molecule has 1 saturated heterocycles. The Morgan fingerprint density at radius 2 is 1.86 bits per heavy atom. The van der Waals surface area contributed by atoms with Crippen LogP contribution in [0.1, 0.15) is 37.3 Å². The van der Waals surface area contributed by atoms with Crippen LogP contribution < -0.4 is 0 Å². The highest BCUT2D eigenvalue weighted by Gasteiger charge is 2.20. The van der Waals surface area contributed by atoms with Crippen LogP contribution in [0, 0.1) is 11.8 Å². The third-order valence-corrected chi connectivity index (χ3v) is 4.19. The van der Waals surface area contributed by atoms with Crippen molar-refractivity contribution in [2.24, 2.45) is 0 Å². The number of allylic oxidation sites excluding steroid dienone is 2. The predicted octanol–water partition coefficient (Wildman–Crippen LogP) is 3.56. The van der Waals surface area contributed by atoms with Crippen LogP contribution in [0.4, 0.5) is 0 Å². The van der Waals surface area contributed by atoms with Crippen molar-refractivity contribution in [1.82, 2.24) is 4.90 Å². The van der Waals surface area contributed by atoms with Crippen molar-refractivity contribution in [3.63, 3.8) is 0 Å². The van der Waals surface area contributed by atoms with Crippen molar-refractivity contribution in [3.8, 4) is 11.8 Å². The molecule has 0 aromatic heterocycles. The lowest BCUT2D eigenvalue weighted by Crippen LogP contribution is -2.38. The SMILES string of the molecule is C(#CC(c1ccccc1)N1CCOCC1)C1=CCCCC1. The smallest absolute Gasteiger partial charge is 0.0976 e. The first-order chi connectivity index (χ1) is 10.4.